The first kappa shape index (κ1) is 13.3. The minimum atomic E-state index is -0.573. The van der Waals surface area contributed by atoms with E-state index < -0.39 is 5.41 Å². The van der Waals surface area contributed by atoms with Crippen LogP contribution >= 0.6 is 0 Å². The molecule has 2 amide bonds. The summed E-state index contributed by atoms with van der Waals surface area (Å²) >= 11 is 0. The lowest BCUT2D eigenvalue weighted by Crippen LogP contribution is -2.53. The highest BCUT2D eigenvalue weighted by Crippen LogP contribution is 2.28. The van der Waals surface area contributed by atoms with Gasteiger partial charge in [0.15, 0.2) is 0 Å². The van der Waals surface area contributed by atoms with Crippen molar-refractivity contribution in [2.45, 2.75) is 13.3 Å². The topological polar surface area (TPSA) is 72.9 Å². The molecular formula is C12H21N3O3. The van der Waals surface area contributed by atoms with Crippen molar-refractivity contribution in [2.75, 3.05) is 45.9 Å². The fourth-order valence-electron chi connectivity index (χ4n) is 2.62. The number of β-amino-alcohol motifs (C(OH)–C–C–N with tert-alkyl or cyclic N) is 1. The molecule has 0 bridgehead atoms. The summed E-state index contributed by atoms with van der Waals surface area (Å²) in [4.78, 5) is 27.6. The number of hydrogen-bond acceptors (Lipinski definition) is 4. The van der Waals surface area contributed by atoms with Gasteiger partial charge in [0.2, 0.25) is 11.8 Å². The van der Waals surface area contributed by atoms with Crippen molar-refractivity contribution in [3.05, 3.63) is 0 Å². The van der Waals surface area contributed by atoms with Gasteiger partial charge in [-0.25, -0.2) is 0 Å². The predicted octanol–water partition coefficient (Wildman–Crippen LogP) is -1.35. The number of amides is 2. The van der Waals surface area contributed by atoms with E-state index in [0.717, 1.165) is 13.1 Å². The standard InChI is InChI=1S/C12H21N3O3/c1-12(8-10(17)13-9-12)11(18)15-4-2-14(3-5-15)6-7-16/h16H,2-9H2,1H3,(H,13,17). The Kier molecular flexibility index (Phi) is 3.87. The van der Waals surface area contributed by atoms with Gasteiger partial charge in [-0.1, -0.05) is 0 Å². The molecule has 2 aliphatic heterocycles. The average Bonchev–Trinajstić information content (AvgIpc) is 2.71. The van der Waals surface area contributed by atoms with E-state index in [2.05, 4.69) is 10.2 Å². The maximum atomic E-state index is 12.4. The molecule has 6 heteroatoms. The number of nitrogens with one attached hydrogen (secondary N) is 1. The molecule has 1 unspecified atom stereocenters. The number of carbonyl (C=O) groups is 2. The van der Waals surface area contributed by atoms with Crippen LogP contribution in [0.4, 0.5) is 0 Å². The van der Waals surface area contributed by atoms with Gasteiger partial charge in [0.25, 0.3) is 0 Å². The predicted molar refractivity (Wildman–Crippen MR) is 65.8 cm³/mol. The first-order valence-corrected chi connectivity index (χ1v) is 6.44. The van der Waals surface area contributed by atoms with Crippen LogP contribution in [-0.4, -0.2) is 72.6 Å². The molecule has 0 aromatic rings. The van der Waals surface area contributed by atoms with E-state index in [4.69, 9.17) is 5.11 Å². The molecule has 2 saturated heterocycles. The van der Waals surface area contributed by atoms with Crippen LogP contribution in [0.5, 0.6) is 0 Å². The highest BCUT2D eigenvalue weighted by Gasteiger charge is 2.43. The van der Waals surface area contributed by atoms with E-state index in [9.17, 15) is 9.59 Å². The molecule has 0 aliphatic carbocycles. The third-order valence-electron chi connectivity index (χ3n) is 3.82. The number of nitrogens with zero attached hydrogens (tertiary/aromatic N) is 2. The number of aliphatic hydroxyl groups is 1. The van der Waals surface area contributed by atoms with E-state index in [-0.39, 0.29) is 18.4 Å². The molecule has 2 fully saturated rings. The lowest BCUT2D eigenvalue weighted by molar-refractivity contribution is -0.143. The van der Waals surface area contributed by atoms with Crippen molar-refractivity contribution in [1.29, 1.82) is 0 Å². The number of rotatable bonds is 3. The molecule has 0 radical (unpaired) electrons. The normalized spacial score (nSPS) is 29.4. The largest absolute Gasteiger partial charge is 0.395 e. The molecule has 6 nitrogen and oxygen atoms in total. The number of carbonyl (C=O) groups excluding carboxylic acids is 2. The van der Waals surface area contributed by atoms with Crippen LogP contribution in [0.1, 0.15) is 13.3 Å². The van der Waals surface area contributed by atoms with Gasteiger partial charge < -0.3 is 15.3 Å². The minimum Gasteiger partial charge on any atom is -0.395 e. The van der Waals surface area contributed by atoms with Crippen molar-refractivity contribution in [1.82, 2.24) is 15.1 Å². The fraction of sp³-hybridized carbons (Fsp3) is 0.833. The summed E-state index contributed by atoms with van der Waals surface area (Å²) in [6.45, 7) is 6.08. The Morgan fingerprint density at radius 1 is 1.39 bits per heavy atom. The van der Waals surface area contributed by atoms with Crippen molar-refractivity contribution < 1.29 is 14.7 Å². The third kappa shape index (κ3) is 2.64. The lowest BCUT2D eigenvalue weighted by atomic mass is 9.87. The summed E-state index contributed by atoms with van der Waals surface area (Å²) in [6, 6.07) is 0. The number of piperazine rings is 1. The first-order chi connectivity index (χ1) is 8.55. The summed E-state index contributed by atoms with van der Waals surface area (Å²) in [5.41, 5.74) is -0.573. The van der Waals surface area contributed by atoms with Gasteiger partial charge in [0, 0.05) is 45.7 Å². The highest BCUT2D eigenvalue weighted by molar-refractivity contribution is 5.92. The molecule has 102 valence electrons. The maximum absolute atomic E-state index is 12.4. The van der Waals surface area contributed by atoms with Crippen LogP contribution in [0, 0.1) is 5.41 Å². The first-order valence-electron chi connectivity index (χ1n) is 6.44. The Bertz CT molecular complexity index is 339. The number of hydrogen-bond donors (Lipinski definition) is 2. The second-order valence-electron chi connectivity index (χ2n) is 5.37. The zero-order valence-corrected chi connectivity index (χ0v) is 10.8. The quantitative estimate of drug-likeness (QED) is 0.654. The van der Waals surface area contributed by atoms with Gasteiger partial charge in [0.05, 0.1) is 12.0 Å². The smallest absolute Gasteiger partial charge is 0.230 e. The van der Waals surface area contributed by atoms with Crippen LogP contribution in [0.15, 0.2) is 0 Å². The van der Waals surface area contributed by atoms with E-state index in [1.54, 1.807) is 0 Å². The monoisotopic (exact) mass is 255 g/mol. The molecule has 0 spiro atoms. The molecule has 2 aliphatic rings. The van der Waals surface area contributed by atoms with Crippen LogP contribution in [-0.2, 0) is 9.59 Å². The maximum Gasteiger partial charge on any atom is 0.230 e. The van der Waals surface area contributed by atoms with E-state index in [0.29, 0.717) is 32.6 Å². The third-order valence-corrected chi connectivity index (χ3v) is 3.82. The molecule has 2 heterocycles. The Labute approximate surface area is 107 Å². The summed E-state index contributed by atoms with van der Waals surface area (Å²) in [5, 5.41) is 11.6. The van der Waals surface area contributed by atoms with Crippen LogP contribution in [0.25, 0.3) is 0 Å². The van der Waals surface area contributed by atoms with Gasteiger partial charge in [-0.15, -0.1) is 0 Å². The van der Waals surface area contributed by atoms with Crippen LogP contribution in [0.2, 0.25) is 0 Å². The van der Waals surface area contributed by atoms with Gasteiger partial charge in [-0.05, 0) is 6.92 Å². The van der Waals surface area contributed by atoms with Gasteiger partial charge in [-0.2, -0.15) is 0 Å². The zero-order chi connectivity index (χ0) is 13.2. The highest BCUT2D eigenvalue weighted by atomic mass is 16.3. The van der Waals surface area contributed by atoms with E-state index in [1.807, 2.05) is 11.8 Å². The Morgan fingerprint density at radius 3 is 2.56 bits per heavy atom. The Balaban J connectivity index is 1.89. The Hall–Kier alpha value is -1.14. The molecule has 0 aromatic carbocycles. The van der Waals surface area contributed by atoms with Crippen molar-refractivity contribution >= 4 is 11.8 Å². The van der Waals surface area contributed by atoms with Crippen LogP contribution in [0.3, 0.4) is 0 Å². The second-order valence-corrected chi connectivity index (χ2v) is 5.37. The SMILES string of the molecule is CC1(C(=O)N2CCN(CCO)CC2)CNC(=O)C1. The second kappa shape index (κ2) is 5.24. The molecule has 18 heavy (non-hydrogen) atoms. The van der Waals surface area contributed by atoms with Crippen molar-refractivity contribution in [3.63, 3.8) is 0 Å². The van der Waals surface area contributed by atoms with Crippen molar-refractivity contribution in [2.24, 2.45) is 5.41 Å². The lowest BCUT2D eigenvalue weighted by Gasteiger charge is -2.37. The van der Waals surface area contributed by atoms with E-state index in [1.165, 1.54) is 0 Å². The number of aliphatic hydroxyl groups excluding tert-OH is 1. The van der Waals surface area contributed by atoms with Crippen LogP contribution < -0.4 is 5.32 Å². The summed E-state index contributed by atoms with van der Waals surface area (Å²) < 4.78 is 0. The molecule has 0 saturated carbocycles. The summed E-state index contributed by atoms with van der Waals surface area (Å²) in [7, 11) is 0. The van der Waals surface area contributed by atoms with Gasteiger partial charge in [0.1, 0.15) is 0 Å². The Morgan fingerprint density at radius 2 is 2.06 bits per heavy atom. The van der Waals surface area contributed by atoms with Gasteiger partial charge >= 0.3 is 0 Å². The molecule has 1 atom stereocenters. The fourth-order valence-corrected chi connectivity index (χ4v) is 2.62. The average molecular weight is 255 g/mol. The minimum absolute atomic E-state index is 0.0373. The van der Waals surface area contributed by atoms with Gasteiger partial charge in [-0.3, -0.25) is 14.5 Å². The summed E-state index contributed by atoms with van der Waals surface area (Å²) in [6.07, 6.45) is 0.294. The molecule has 0 aromatic heterocycles. The molecule has 2 rings (SSSR count). The van der Waals surface area contributed by atoms with Crippen molar-refractivity contribution in [3.8, 4) is 0 Å². The van der Waals surface area contributed by atoms with E-state index >= 15 is 0 Å². The summed E-state index contributed by atoms with van der Waals surface area (Å²) in [5.74, 6) is 0.0364. The molecule has 2 N–H and O–H groups in total. The molecular weight excluding hydrogens is 234 g/mol. The zero-order valence-electron chi connectivity index (χ0n) is 10.8.